The number of thioether (sulfide) groups is 1. The highest BCUT2D eigenvalue weighted by atomic mass is 35.5. The molecule has 0 spiro atoms. The topological polar surface area (TPSA) is 58.4 Å². The third-order valence-electron chi connectivity index (χ3n) is 2.47. The number of halogens is 1. The number of hydrogen-bond acceptors (Lipinski definition) is 4. The number of nitrogens with zero attached hydrogens (tertiary/aromatic N) is 1. The molecule has 1 aromatic carbocycles. The summed E-state index contributed by atoms with van der Waals surface area (Å²) < 4.78 is 0. The molecule has 6 heteroatoms. The van der Waals surface area contributed by atoms with Crippen molar-refractivity contribution in [2.45, 2.75) is 24.3 Å². The van der Waals surface area contributed by atoms with Gasteiger partial charge in [-0.2, -0.15) is 0 Å². The lowest BCUT2D eigenvalue weighted by molar-refractivity contribution is -0.117. The van der Waals surface area contributed by atoms with Gasteiger partial charge in [0, 0.05) is 17.0 Å². The number of nitrogens with two attached hydrogens (primary N) is 1. The number of hydrogen-bond donors (Lipinski definition) is 2. The Morgan fingerprint density at radius 2 is 2.00 bits per heavy atom. The van der Waals surface area contributed by atoms with E-state index in [-0.39, 0.29) is 23.9 Å². The maximum Gasteiger partial charge on any atom is 0.238 e. The van der Waals surface area contributed by atoms with Crippen molar-refractivity contribution in [3.63, 3.8) is 0 Å². The Labute approximate surface area is 131 Å². The third-order valence-corrected chi connectivity index (χ3v) is 3.27. The van der Waals surface area contributed by atoms with Crippen molar-refractivity contribution in [3.8, 4) is 0 Å². The molecule has 0 radical (unpaired) electrons. The van der Waals surface area contributed by atoms with Gasteiger partial charge < -0.3 is 11.1 Å². The fourth-order valence-corrected chi connectivity index (χ4v) is 2.49. The first-order valence-electron chi connectivity index (χ1n) is 6.22. The molecule has 1 rings (SSSR count). The maximum absolute atomic E-state index is 12.0. The molecule has 0 aromatic heterocycles. The molecule has 1 aromatic rings. The predicted molar refractivity (Wildman–Crippen MR) is 89.9 cm³/mol. The van der Waals surface area contributed by atoms with Crippen LogP contribution in [-0.4, -0.2) is 42.7 Å². The smallest absolute Gasteiger partial charge is 0.238 e. The number of likely N-dealkylation sites (N-methyl/N-ethyl adjacent to an activating group) is 1. The lowest BCUT2D eigenvalue weighted by atomic mass is 10.1. The second kappa shape index (κ2) is 8.52. The predicted octanol–water partition coefficient (Wildman–Crippen LogP) is 2.44. The number of rotatable bonds is 6. The van der Waals surface area contributed by atoms with Crippen molar-refractivity contribution in [3.05, 3.63) is 24.3 Å². The number of anilines is 1. The van der Waals surface area contributed by atoms with Crippen LogP contribution in [0.5, 0.6) is 0 Å². The second-order valence-electron chi connectivity index (χ2n) is 5.41. The summed E-state index contributed by atoms with van der Waals surface area (Å²) in [5.41, 5.74) is 6.50. The number of nitrogens with one attached hydrogen (secondary N) is 1. The van der Waals surface area contributed by atoms with Crippen molar-refractivity contribution >= 4 is 35.8 Å². The van der Waals surface area contributed by atoms with Crippen LogP contribution < -0.4 is 11.1 Å². The van der Waals surface area contributed by atoms with E-state index in [4.69, 9.17) is 5.73 Å². The van der Waals surface area contributed by atoms with E-state index in [0.29, 0.717) is 13.1 Å². The largest absolute Gasteiger partial charge is 0.324 e. The van der Waals surface area contributed by atoms with Gasteiger partial charge in [0.05, 0.1) is 12.2 Å². The van der Waals surface area contributed by atoms with Gasteiger partial charge in [-0.05, 0) is 39.3 Å². The lowest BCUT2D eigenvalue weighted by Crippen LogP contribution is -2.45. The summed E-state index contributed by atoms with van der Waals surface area (Å²) in [6.07, 6.45) is 1.99. The summed E-state index contributed by atoms with van der Waals surface area (Å²) in [7, 11) is 1.90. The number of para-hydroxylation sites is 1. The summed E-state index contributed by atoms with van der Waals surface area (Å²) >= 11 is 1.62. The molecule has 0 aliphatic carbocycles. The van der Waals surface area contributed by atoms with Crippen molar-refractivity contribution in [1.82, 2.24) is 4.90 Å². The van der Waals surface area contributed by atoms with Gasteiger partial charge in [0.1, 0.15) is 0 Å². The van der Waals surface area contributed by atoms with Crippen LogP contribution in [0.4, 0.5) is 5.69 Å². The average Bonchev–Trinajstić information content (AvgIpc) is 2.26. The van der Waals surface area contributed by atoms with E-state index in [2.05, 4.69) is 5.32 Å². The summed E-state index contributed by atoms with van der Waals surface area (Å²) in [5.74, 6) is -0.0201. The molecule has 0 heterocycles. The minimum Gasteiger partial charge on any atom is -0.324 e. The number of amides is 1. The van der Waals surface area contributed by atoms with E-state index in [9.17, 15) is 4.79 Å². The van der Waals surface area contributed by atoms with E-state index in [0.717, 1.165) is 10.6 Å². The summed E-state index contributed by atoms with van der Waals surface area (Å²) in [5, 5.41) is 2.94. The Morgan fingerprint density at radius 1 is 1.40 bits per heavy atom. The second-order valence-corrected chi connectivity index (χ2v) is 6.26. The Morgan fingerprint density at radius 3 is 2.55 bits per heavy atom. The van der Waals surface area contributed by atoms with E-state index in [1.54, 1.807) is 11.8 Å². The minimum absolute atomic E-state index is 0. The normalized spacial score (nSPS) is 11.1. The molecular formula is C14H24ClN3OS. The Balaban J connectivity index is 0.00000361. The highest BCUT2D eigenvalue weighted by Crippen LogP contribution is 2.24. The van der Waals surface area contributed by atoms with Gasteiger partial charge in [0.25, 0.3) is 0 Å². The molecule has 0 unspecified atom stereocenters. The van der Waals surface area contributed by atoms with Gasteiger partial charge in [-0.3, -0.25) is 9.69 Å². The highest BCUT2D eigenvalue weighted by Gasteiger charge is 2.16. The van der Waals surface area contributed by atoms with Gasteiger partial charge in [0.15, 0.2) is 0 Å². The first-order valence-corrected chi connectivity index (χ1v) is 7.44. The van der Waals surface area contributed by atoms with Crippen LogP contribution in [0, 0.1) is 0 Å². The third kappa shape index (κ3) is 7.14. The molecule has 1 amide bonds. The Kier molecular flexibility index (Phi) is 8.20. The first-order chi connectivity index (χ1) is 8.81. The number of benzene rings is 1. The van der Waals surface area contributed by atoms with Gasteiger partial charge in [-0.1, -0.05) is 12.1 Å². The zero-order chi connectivity index (χ0) is 14.5. The molecule has 0 atom stereocenters. The van der Waals surface area contributed by atoms with Crippen LogP contribution in [-0.2, 0) is 4.79 Å². The zero-order valence-corrected chi connectivity index (χ0v) is 14.1. The lowest BCUT2D eigenvalue weighted by Gasteiger charge is -2.26. The van der Waals surface area contributed by atoms with Crippen molar-refractivity contribution in [2.75, 3.05) is 31.7 Å². The molecule has 3 N–H and O–H groups in total. The van der Waals surface area contributed by atoms with Gasteiger partial charge >= 0.3 is 0 Å². The maximum atomic E-state index is 12.0. The van der Waals surface area contributed by atoms with E-state index in [1.807, 2.05) is 56.3 Å². The van der Waals surface area contributed by atoms with Crippen LogP contribution >= 0.6 is 24.2 Å². The van der Waals surface area contributed by atoms with E-state index in [1.165, 1.54) is 0 Å². The summed E-state index contributed by atoms with van der Waals surface area (Å²) in [6, 6.07) is 7.79. The number of carbonyl (C=O) groups excluding carboxylic acids is 1. The van der Waals surface area contributed by atoms with E-state index < -0.39 is 0 Å². The average molecular weight is 318 g/mol. The molecule has 0 saturated heterocycles. The van der Waals surface area contributed by atoms with Gasteiger partial charge in [-0.25, -0.2) is 0 Å². The fourth-order valence-electron chi connectivity index (χ4n) is 1.93. The summed E-state index contributed by atoms with van der Waals surface area (Å²) in [6.45, 7) is 4.91. The molecule has 4 nitrogen and oxygen atoms in total. The molecule has 114 valence electrons. The monoisotopic (exact) mass is 317 g/mol. The quantitative estimate of drug-likeness (QED) is 0.791. The molecule has 0 saturated carbocycles. The van der Waals surface area contributed by atoms with Crippen molar-refractivity contribution in [2.24, 2.45) is 5.73 Å². The van der Waals surface area contributed by atoms with Crippen LogP contribution in [0.1, 0.15) is 13.8 Å². The number of carbonyl (C=O) groups is 1. The van der Waals surface area contributed by atoms with Crippen LogP contribution in [0.3, 0.4) is 0 Å². The minimum atomic E-state index is -0.299. The molecule has 0 fully saturated rings. The van der Waals surface area contributed by atoms with E-state index >= 15 is 0 Å². The molecule has 0 aliphatic heterocycles. The standard InChI is InChI=1S/C14H23N3OS.ClH/c1-14(2,15)10-17(3)9-13(18)16-11-7-5-6-8-12(11)19-4;/h5-8H,9-10,15H2,1-4H3,(H,16,18);1H. The summed E-state index contributed by atoms with van der Waals surface area (Å²) in [4.78, 5) is 15.0. The molecule has 0 aliphatic rings. The molecule has 0 bridgehead atoms. The Hall–Kier alpha value is -0.750. The molecule has 20 heavy (non-hydrogen) atoms. The molecular weight excluding hydrogens is 294 g/mol. The van der Waals surface area contributed by atoms with Crippen LogP contribution in [0.2, 0.25) is 0 Å². The van der Waals surface area contributed by atoms with Gasteiger partial charge in [-0.15, -0.1) is 24.2 Å². The van der Waals surface area contributed by atoms with Crippen molar-refractivity contribution < 1.29 is 4.79 Å². The first kappa shape index (κ1) is 19.2. The van der Waals surface area contributed by atoms with Gasteiger partial charge in [0.2, 0.25) is 5.91 Å². The van der Waals surface area contributed by atoms with Crippen LogP contribution in [0.25, 0.3) is 0 Å². The van der Waals surface area contributed by atoms with Crippen LogP contribution in [0.15, 0.2) is 29.2 Å². The zero-order valence-electron chi connectivity index (χ0n) is 12.5. The highest BCUT2D eigenvalue weighted by molar-refractivity contribution is 7.98. The Bertz CT molecular complexity index is 435. The SMILES string of the molecule is CSc1ccccc1NC(=O)CN(C)CC(C)(C)N.Cl. The fraction of sp³-hybridized carbons (Fsp3) is 0.500. The van der Waals surface area contributed by atoms with Crippen molar-refractivity contribution in [1.29, 1.82) is 0 Å².